The van der Waals surface area contributed by atoms with E-state index in [0.717, 1.165) is 41.2 Å². The number of carbonyl (C=O) groups is 4. The summed E-state index contributed by atoms with van der Waals surface area (Å²) in [5.74, 6) is -1.85. The normalized spacial score (nSPS) is 24.0. The molecule has 0 spiro atoms. The van der Waals surface area contributed by atoms with Crippen LogP contribution in [0.3, 0.4) is 0 Å². The van der Waals surface area contributed by atoms with Crippen LogP contribution in [0.1, 0.15) is 72.1 Å². The summed E-state index contributed by atoms with van der Waals surface area (Å²) in [5, 5.41) is 3.95. The first-order chi connectivity index (χ1) is 27.1. The Bertz CT molecular complexity index is 2160. The van der Waals surface area contributed by atoms with Gasteiger partial charge in [-0.25, -0.2) is 8.42 Å². The lowest BCUT2D eigenvalue weighted by Gasteiger charge is -2.36. The molecule has 12 nitrogen and oxygen atoms in total. The topological polar surface area (TPSA) is 151 Å². The summed E-state index contributed by atoms with van der Waals surface area (Å²) in [6, 6.07) is 18.5. The van der Waals surface area contributed by atoms with Crippen molar-refractivity contribution in [1.82, 2.24) is 19.8 Å². The highest BCUT2D eigenvalue weighted by atomic mass is 32.2. The number of fused-ring (bicyclic) bond motifs is 1. The maximum absolute atomic E-state index is 14.9. The molecule has 2 aliphatic heterocycles. The number of ether oxygens (including phenoxy) is 2. The van der Waals surface area contributed by atoms with Gasteiger partial charge in [0.1, 0.15) is 29.2 Å². The fourth-order valence-electron chi connectivity index (χ4n) is 8.32. The second-order valence-electron chi connectivity index (χ2n) is 17.2. The third-order valence-corrected chi connectivity index (χ3v) is 13.9. The van der Waals surface area contributed by atoms with Crippen LogP contribution in [0.4, 0.5) is 0 Å². The van der Waals surface area contributed by atoms with Crippen molar-refractivity contribution in [1.29, 1.82) is 0 Å². The molecule has 2 N–H and O–H groups in total. The first-order valence-electron chi connectivity index (χ1n) is 20.1. The molecule has 2 heterocycles. The van der Waals surface area contributed by atoms with Gasteiger partial charge in [-0.1, -0.05) is 57.2 Å². The number of benzene rings is 3. The van der Waals surface area contributed by atoms with Crippen LogP contribution in [0.5, 0.6) is 11.5 Å². The summed E-state index contributed by atoms with van der Waals surface area (Å²) >= 11 is 0. The lowest BCUT2D eigenvalue weighted by atomic mass is 9.77. The zero-order valence-corrected chi connectivity index (χ0v) is 34.1. The Morgan fingerprint density at radius 3 is 2.33 bits per heavy atom. The Labute approximate surface area is 335 Å². The second-order valence-corrected chi connectivity index (χ2v) is 19.1. The molecule has 2 saturated carbocycles. The van der Waals surface area contributed by atoms with Crippen molar-refractivity contribution < 1.29 is 37.1 Å². The Kier molecular flexibility index (Phi) is 11.2. The van der Waals surface area contributed by atoms with Crippen molar-refractivity contribution in [3.8, 4) is 22.6 Å². The summed E-state index contributed by atoms with van der Waals surface area (Å²) < 4.78 is 40.2. The van der Waals surface area contributed by atoms with Crippen LogP contribution in [0, 0.1) is 17.3 Å². The van der Waals surface area contributed by atoms with E-state index in [1.165, 1.54) is 11.0 Å². The van der Waals surface area contributed by atoms with E-state index in [9.17, 15) is 27.6 Å². The maximum atomic E-state index is 14.9. The minimum atomic E-state index is -3.89. The van der Waals surface area contributed by atoms with E-state index in [-0.39, 0.29) is 37.6 Å². The van der Waals surface area contributed by atoms with Gasteiger partial charge in [0.05, 0.1) is 24.8 Å². The van der Waals surface area contributed by atoms with Crippen LogP contribution in [0.15, 0.2) is 73.3 Å². The van der Waals surface area contributed by atoms with E-state index < -0.39 is 62.0 Å². The van der Waals surface area contributed by atoms with E-state index in [1.54, 1.807) is 7.11 Å². The standard InChI is InChI=1S/C44H54N4O8S/c1-6-31-26-44(31,42(52)46-57(53,54)34-16-17-34)45-40(50)37-24-33(27-48(37)41(51)36(43(2,3)4)25-39(49)47-19-11-8-12-20-47)56-38-23-29(28-13-9-7-10-14-28)21-30-22-32(55-5)15-18-35(30)38/h6-7,9-10,13-15,18,21-23,31,33-34,36-37H,1,8,11-12,16-17,19-20,24-27H2,2-5H3,(H,45,50)(H,46,52)/t31?,33-,36-,37+,44-/m1/s1. The van der Waals surface area contributed by atoms with Gasteiger partial charge in [0.2, 0.25) is 27.7 Å². The Morgan fingerprint density at radius 1 is 0.982 bits per heavy atom. The van der Waals surface area contributed by atoms with Crippen LogP contribution in [-0.4, -0.2) is 91.5 Å². The number of methoxy groups -OCH3 is 1. The average molecular weight is 799 g/mol. The summed E-state index contributed by atoms with van der Waals surface area (Å²) in [6.07, 6.45) is 5.00. The number of rotatable bonds is 13. The number of nitrogens with zero attached hydrogens (tertiary/aromatic N) is 2. The summed E-state index contributed by atoms with van der Waals surface area (Å²) in [6.45, 7) is 11.0. The van der Waals surface area contributed by atoms with E-state index in [2.05, 4.69) is 22.7 Å². The number of amides is 4. The fraction of sp³-hybridized carbons (Fsp3) is 0.500. The molecule has 1 unspecified atom stereocenters. The molecule has 2 aliphatic carbocycles. The highest BCUT2D eigenvalue weighted by Crippen LogP contribution is 2.46. The van der Waals surface area contributed by atoms with Crippen molar-refractivity contribution in [2.75, 3.05) is 26.7 Å². The van der Waals surface area contributed by atoms with Crippen molar-refractivity contribution in [2.24, 2.45) is 17.3 Å². The molecular weight excluding hydrogens is 745 g/mol. The maximum Gasteiger partial charge on any atom is 0.259 e. The summed E-state index contributed by atoms with van der Waals surface area (Å²) in [4.78, 5) is 60.1. The molecule has 0 radical (unpaired) electrons. The van der Waals surface area contributed by atoms with Crippen LogP contribution in [0.25, 0.3) is 21.9 Å². The first-order valence-corrected chi connectivity index (χ1v) is 21.6. The summed E-state index contributed by atoms with van der Waals surface area (Å²) in [5.41, 5.74) is -0.271. The van der Waals surface area contributed by atoms with Gasteiger partial charge in [0, 0.05) is 37.2 Å². The number of carbonyl (C=O) groups excluding carboxylic acids is 4. The largest absolute Gasteiger partial charge is 0.497 e. The molecule has 4 aliphatic rings. The molecular formula is C44H54N4O8S. The van der Waals surface area contributed by atoms with Crippen LogP contribution >= 0.6 is 0 Å². The smallest absolute Gasteiger partial charge is 0.259 e. The second kappa shape index (κ2) is 15.8. The number of hydrogen-bond donors (Lipinski definition) is 2. The Balaban J connectivity index is 1.21. The van der Waals surface area contributed by atoms with Crippen molar-refractivity contribution >= 4 is 44.4 Å². The zero-order valence-electron chi connectivity index (χ0n) is 33.3. The van der Waals surface area contributed by atoms with E-state index >= 15 is 0 Å². The van der Waals surface area contributed by atoms with Crippen LogP contribution < -0.4 is 19.5 Å². The average Bonchev–Trinajstić information content (AvgIpc) is 4.13. The minimum absolute atomic E-state index is 0.00576. The van der Waals surface area contributed by atoms with Gasteiger partial charge in [-0.3, -0.25) is 23.9 Å². The number of nitrogens with one attached hydrogen (secondary N) is 2. The van der Waals surface area contributed by atoms with E-state index in [1.807, 2.05) is 80.3 Å². The molecule has 3 aromatic carbocycles. The first kappa shape index (κ1) is 40.3. The molecule has 304 valence electrons. The van der Waals surface area contributed by atoms with Crippen LogP contribution in [0.2, 0.25) is 0 Å². The SMILES string of the molecule is C=CC1C[C@]1(NC(=O)[C@@H]1C[C@@H](Oc2cc(-c3ccccc3)cc3cc(OC)ccc23)CN1C(=O)[C@@H](CC(=O)N1CCCCC1)C(C)(C)C)C(=O)NS(=O)(=O)C1CC1. The zero-order chi connectivity index (χ0) is 40.7. The molecule has 4 fully saturated rings. The Morgan fingerprint density at radius 2 is 1.70 bits per heavy atom. The Hall–Kier alpha value is -4.91. The van der Waals surface area contributed by atoms with Crippen LogP contribution in [-0.2, 0) is 29.2 Å². The third kappa shape index (κ3) is 8.54. The molecule has 57 heavy (non-hydrogen) atoms. The van der Waals surface area contributed by atoms with Crippen molar-refractivity contribution in [3.05, 3.63) is 73.3 Å². The van der Waals surface area contributed by atoms with Crippen molar-refractivity contribution in [3.63, 3.8) is 0 Å². The predicted molar refractivity (Wildman–Crippen MR) is 218 cm³/mol. The molecule has 7 rings (SSSR count). The van der Waals surface area contributed by atoms with Gasteiger partial charge in [0.25, 0.3) is 5.91 Å². The van der Waals surface area contributed by atoms with E-state index in [4.69, 9.17) is 9.47 Å². The van der Waals surface area contributed by atoms with Gasteiger partial charge in [-0.2, -0.15) is 0 Å². The molecule has 0 aromatic heterocycles. The molecule has 2 saturated heterocycles. The number of sulfonamides is 1. The van der Waals surface area contributed by atoms with Gasteiger partial charge in [-0.05, 0) is 90.8 Å². The molecule has 13 heteroatoms. The predicted octanol–water partition coefficient (Wildman–Crippen LogP) is 5.60. The number of likely N-dealkylation sites (tertiary alicyclic amines) is 2. The lowest BCUT2D eigenvalue weighted by molar-refractivity contribution is -0.148. The van der Waals surface area contributed by atoms with Gasteiger partial charge in [-0.15, -0.1) is 6.58 Å². The molecule has 0 bridgehead atoms. The summed E-state index contributed by atoms with van der Waals surface area (Å²) in [7, 11) is -2.28. The quantitative estimate of drug-likeness (QED) is 0.212. The highest BCUT2D eigenvalue weighted by molar-refractivity contribution is 7.91. The lowest BCUT2D eigenvalue weighted by Crippen LogP contribution is -2.57. The van der Waals surface area contributed by atoms with Gasteiger partial charge >= 0.3 is 0 Å². The number of piperidine rings is 1. The monoisotopic (exact) mass is 798 g/mol. The van der Waals surface area contributed by atoms with Gasteiger partial charge < -0.3 is 24.6 Å². The molecule has 3 aromatic rings. The number of hydrogen-bond acceptors (Lipinski definition) is 8. The van der Waals surface area contributed by atoms with Gasteiger partial charge in [0.15, 0.2) is 0 Å². The third-order valence-electron chi connectivity index (χ3n) is 12.1. The highest BCUT2D eigenvalue weighted by Gasteiger charge is 2.62. The fourth-order valence-corrected chi connectivity index (χ4v) is 9.68. The molecule has 5 atom stereocenters. The van der Waals surface area contributed by atoms with Crippen molar-refractivity contribution in [2.45, 2.75) is 95.1 Å². The molecule has 4 amide bonds. The van der Waals surface area contributed by atoms with E-state index in [0.29, 0.717) is 37.4 Å². The minimum Gasteiger partial charge on any atom is -0.497 e.